The minimum Gasteiger partial charge on any atom is -0.369 e. The molecule has 2 atom stereocenters. The van der Waals surface area contributed by atoms with E-state index in [0.29, 0.717) is 6.04 Å². The molecule has 0 saturated heterocycles. The zero-order chi connectivity index (χ0) is 7.56. The maximum Gasteiger partial charge on any atom is 0.222 e. The molecule has 1 aliphatic rings. The van der Waals surface area contributed by atoms with Crippen molar-refractivity contribution in [3.05, 3.63) is 0 Å². The quantitative estimate of drug-likeness (QED) is 0.564. The van der Waals surface area contributed by atoms with Gasteiger partial charge in [-0.25, -0.2) is 0 Å². The van der Waals surface area contributed by atoms with Crippen molar-refractivity contribution in [1.82, 2.24) is 5.32 Å². The van der Waals surface area contributed by atoms with Gasteiger partial charge >= 0.3 is 0 Å². The van der Waals surface area contributed by atoms with Crippen molar-refractivity contribution in [3.8, 4) is 0 Å². The zero-order valence-corrected chi connectivity index (χ0v) is 6.26. The molecule has 1 amide bonds. The summed E-state index contributed by atoms with van der Waals surface area (Å²) in [6.45, 7) is 0. The number of carbonyl (C=O) groups excluding carboxylic acids is 1. The summed E-state index contributed by atoms with van der Waals surface area (Å²) in [5.74, 6) is -0.0816. The van der Waals surface area contributed by atoms with E-state index >= 15 is 0 Å². The number of nitrogens with one attached hydrogen (secondary N) is 1. The molecule has 0 spiro atoms. The highest BCUT2D eigenvalue weighted by Crippen LogP contribution is 2.24. The SMILES string of the molecule is CN[C@H]1CCCC1C(N)=O. The van der Waals surface area contributed by atoms with E-state index in [1.165, 1.54) is 0 Å². The molecule has 3 nitrogen and oxygen atoms in total. The predicted octanol–water partition coefficient (Wildman–Crippen LogP) is -0.140. The number of hydrogen-bond acceptors (Lipinski definition) is 2. The van der Waals surface area contributed by atoms with Crippen molar-refractivity contribution in [2.24, 2.45) is 11.7 Å². The first-order valence-electron chi connectivity index (χ1n) is 3.72. The van der Waals surface area contributed by atoms with Crippen LogP contribution in [-0.2, 0) is 4.79 Å². The summed E-state index contributed by atoms with van der Waals surface area (Å²) in [7, 11) is 1.88. The Morgan fingerprint density at radius 1 is 1.60 bits per heavy atom. The summed E-state index contributed by atoms with van der Waals surface area (Å²) in [5.41, 5.74) is 5.18. The van der Waals surface area contributed by atoms with Crippen LogP contribution < -0.4 is 11.1 Å². The number of amides is 1. The van der Waals surface area contributed by atoms with Gasteiger partial charge in [-0.15, -0.1) is 0 Å². The van der Waals surface area contributed by atoms with Crippen molar-refractivity contribution in [1.29, 1.82) is 0 Å². The van der Waals surface area contributed by atoms with Gasteiger partial charge in [-0.3, -0.25) is 4.79 Å². The lowest BCUT2D eigenvalue weighted by Gasteiger charge is -2.14. The topological polar surface area (TPSA) is 55.1 Å². The maximum absolute atomic E-state index is 10.8. The lowest BCUT2D eigenvalue weighted by atomic mass is 10.0. The highest BCUT2D eigenvalue weighted by molar-refractivity contribution is 5.77. The molecule has 0 radical (unpaired) electrons. The first-order chi connectivity index (χ1) is 4.75. The Kier molecular flexibility index (Phi) is 2.27. The molecule has 0 aromatic heterocycles. The average Bonchev–Trinajstić information content (AvgIpc) is 2.33. The van der Waals surface area contributed by atoms with Gasteiger partial charge in [0.15, 0.2) is 0 Å². The van der Waals surface area contributed by atoms with Crippen LogP contribution in [0, 0.1) is 5.92 Å². The second-order valence-corrected chi connectivity index (χ2v) is 2.83. The van der Waals surface area contributed by atoms with E-state index in [4.69, 9.17) is 5.73 Å². The van der Waals surface area contributed by atoms with Crippen molar-refractivity contribution < 1.29 is 4.79 Å². The monoisotopic (exact) mass is 142 g/mol. The molecular formula is C7H14N2O. The van der Waals surface area contributed by atoms with Gasteiger partial charge in [-0.1, -0.05) is 6.42 Å². The van der Waals surface area contributed by atoms with Crippen LogP contribution in [0.5, 0.6) is 0 Å². The molecule has 1 saturated carbocycles. The van der Waals surface area contributed by atoms with Crippen molar-refractivity contribution >= 4 is 5.91 Å². The highest BCUT2D eigenvalue weighted by atomic mass is 16.1. The molecule has 0 aromatic carbocycles. The van der Waals surface area contributed by atoms with Crippen molar-refractivity contribution in [2.75, 3.05) is 7.05 Å². The molecule has 10 heavy (non-hydrogen) atoms. The second kappa shape index (κ2) is 3.01. The average molecular weight is 142 g/mol. The third-order valence-electron chi connectivity index (χ3n) is 2.25. The molecule has 3 heteroatoms. The standard InChI is InChI=1S/C7H14N2O/c1-9-6-4-2-3-5(6)7(8)10/h5-6,9H,2-4H2,1H3,(H2,8,10)/t5?,6-/m0/s1. The number of rotatable bonds is 2. The first-order valence-corrected chi connectivity index (χ1v) is 3.72. The Hall–Kier alpha value is -0.570. The largest absolute Gasteiger partial charge is 0.369 e. The normalized spacial score (nSPS) is 32.5. The molecule has 1 fully saturated rings. The molecule has 0 bridgehead atoms. The zero-order valence-electron chi connectivity index (χ0n) is 6.26. The van der Waals surface area contributed by atoms with Gasteiger partial charge < -0.3 is 11.1 Å². The second-order valence-electron chi connectivity index (χ2n) is 2.83. The lowest BCUT2D eigenvalue weighted by Crippen LogP contribution is -2.37. The number of primary amides is 1. The van der Waals surface area contributed by atoms with E-state index in [9.17, 15) is 4.79 Å². The van der Waals surface area contributed by atoms with E-state index in [-0.39, 0.29) is 11.8 Å². The summed E-state index contributed by atoms with van der Waals surface area (Å²) in [4.78, 5) is 10.8. The van der Waals surface area contributed by atoms with E-state index in [1.54, 1.807) is 0 Å². The summed E-state index contributed by atoms with van der Waals surface area (Å²) < 4.78 is 0. The van der Waals surface area contributed by atoms with Crippen LogP contribution in [0.1, 0.15) is 19.3 Å². The lowest BCUT2D eigenvalue weighted by molar-refractivity contribution is -0.122. The number of carbonyl (C=O) groups is 1. The van der Waals surface area contributed by atoms with Gasteiger partial charge in [0.05, 0.1) is 5.92 Å². The van der Waals surface area contributed by atoms with Gasteiger partial charge in [0.25, 0.3) is 0 Å². The van der Waals surface area contributed by atoms with Gasteiger partial charge in [0.1, 0.15) is 0 Å². The minimum atomic E-state index is -0.156. The van der Waals surface area contributed by atoms with Gasteiger partial charge in [-0.2, -0.15) is 0 Å². The Labute approximate surface area is 61.0 Å². The summed E-state index contributed by atoms with van der Waals surface area (Å²) in [6, 6.07) is 0.331. The van der Waals surface area contributed by atoms with Crippen molar-refractivity contribution in [2.45, 2.75) is 25.3 Å². The molecule has 3 N–H and O–H groups in total. The Bertz CT molecular complexity index is 136. The molecule has 1 rings (SSSR count). The van der Waals surface area contributed by atoms with E-state index in [1.807, 2.05) is 7.05 Å². The number of hydrogen-bond donors (Lipinski definition) is 2. The van der Waals surface area contributed by atoms with Crippen LogP contribution in [0.15, 0.2) is 0 Å². The fraction of sp³-hybridized carbons (Fsp3) is 0.857. The third-order valence-corrected chi connectivity index (χ3v) is 2.25. The smallest absolute Gasteiger partial charge is 0.222 e. The summed E-state index contributed by atoms with van der Waals surface area (Å²) in [5, 5.41) is 3.09. The van der Waals surface area contributed by atoms with E-state index in [2.05, 4.69) is 5.32 Å². The molecule has 1 unspecified atom stereocenters. The Morgan fingerprint density at radius 2 is 2.30 bits per heavy atom. The Morgan fingerprint density at radius 3 is 2.70 bits per heavy atom. The summed E-state index contributed by atoms with van der Waals surface area (Å²) in [6.07, 6.45) is 3.17. The van der Waals surface area contributed by atoms with Crippen LogP contribution in [0.2, 0.25) is 0 Å². The third kappa shape index (κ3) is 1.29. The number of nitrogens with two attached hydrogens (primary N) is 1. The molecular weight excluding hydrogens is 128 g/mol. The van der Waals surface area contributed by atoms with Crippen LogP contribution in [-0.4, -0.2) is 19.0 Å². The van der Waals surface area contributed by atoms with Gasteiger partial charge in [0.2, 0.25) is 5.91 Å². The van der Waals surface area contributed by atoms with Gasteiger partial charge in [0, 0.05) is 6.04 Å². The van der Waals surface area contributed by atoms with Crippen LogP contribution in [0.25, 0.3) is 0 Å². The van der Waals surface area contributed by atoms with E-state index < -0.39 is 0 Å². The molecule has 0 heterocycles. The predicted molar refractivity (Wildman–Crippen MR) is 39.4 cm³/mol. The molecule has 58 valence electrons. The fourth-order valence-electron chi connectivity index (χ4n) is 1.65. The first kappa shape index (κ1) is 7.54. The summed E-state index contributed by atoms with van der Waals surface area (Å²) >= 11 is 0. The Balaban J connectivity index is 2.50. The molecule has 0 aliphatic heterocycles. The van der Waals surface area contributed by atoms with Crippen LogP contribution in [0.4, 0.5) is 0 Å². The van der Waals surface area contributed by atoms with Crippen molar-refractivity contribution in [3.63, 3.8) is 0 Å². The highest BCUT2D eigenvalue weighted by Gasteiger charge is 2.29. The maximum atomic E-state index is 10.8. The fourth-order valence-corrected chi connectivity index (χ4v) is 1.65. The van der Waals surface area contributed by atoms with E-state index in [0.717, 1.165) is 19.3 Å². The molecule has 1 aliphatic carbocycles. The van der Waals surface area contributed by atoms with Gasteiger partial charge in [-0.05, 0) is 19.9 Å². The van der Waals surface area contributed by atoms with Crippen LogP contribution >= 0.6 is 0 Å². The minimum absolute atomic E-state index is 0.0741. The molecule has 0 aromatic rings. The van der Waals surface area contributed by atoms with Crippen LogP contribution in [0.3, 0.4) is 0 Å².